The standard InChI is InChI=1S/C22H34N4O3/c1-5-14-29-20-8-6-19(7-9-20)15-24(4)17-22(28)26-12-10-25(11-13-26)16-21(27)23-18(2)3/h5-9,18H,1,10-17H2,2-4H3,(H,23,27). The number of nitrogens with zero attached hydrogens (tertiary/aromatic N) is 3. The van der Waals surface area contributed by atoms with Crippen molar-refractivity contribution in [1.29, 1.82) is 0 Å². The minimum Gasteiger partial charge on any atom is -0.490 e. The lowest BCUT2D eigenvalue weighted by atomic mass is 10.2. The van der Waals surface area contributed by atoms with Crippen LogP contribution < -0.4 is 10.1 Å². The van der Waals surface area contributed by atoms with Crippen molar-refractivity contribution in [2.75, 3.05) is 52.9 Å². The number of amides is 2. The van der Waals surface area contributed by atoms with E-state index in [4.69, 9.17) is 4.74 Å². The topological polar surface area (TPSA) is 65.1 Å². The fourth-order valence-corrected chi connectivity index (χ4v) is 3.27. The summed E-state index contributed by atoms with van der Waals surface area (Å²) < 4.78 is 5.49. The van der Waals surface area contributed by atoms with E-state index in [0.717, 1.165) is 24.4 Å². The predicted octanol–water partition coefficient (Wildman–Crippen LogP) is 1.35. The first-order valence-electron chi connectivity index (χ1n) is 10.2. The zero-order valence-corrected chi connectivity index (χ0v) is 17.9. The highest BCUT2D eigenvalue weighted by Crippen LogP contribution is 2.13. The van der Waals surface area contributed by atoms with Gasteiger partial charge in [0, 0.05) is 38.8 Å². The molecule has 0 unspecified atom stereocenters. The molecule has 29 heavy (non-hydrogen) atoms. The maximum atomic E-state index is 12.6. The number of ether oxygens (including phenoxy) is 1. The van der Waals surface area contributed by atoms with Gasteiger partial charge in [-0.25, -0.2) is 0 Å². The van der Waals surface area contributed by atoms with Gasteiger partial charge >= 0.3 is 0 Å². The summed E-state index contributed by atoms with van der Waals surface area (Å²) in [6.07, 6.45) is 1.72. The van der Waals surface area contributed by atoms with E-state index in [9.17, 15) is 9.59 Å². The van der Waals surface area contributed by atoms with E-state index in [-0.39, 0.29) is 17.9 Å². The first-order chi connectivity index (χ1) is 13.9. The number of nitrogens with one attached hydrogen (secondary N) is 1. The van der Waals surface area contributed by atoms with Gasteiger partial charge in [0.1, 0.15) is 12.4 Å². The van der Waals surface area contributed by atoms with E-state index in [1.54, 1.807) is 6.08 Å². The summed E-state index contributed by atoms with van der Waals surface area (Å²) in [6, 6.07) is 8.05. The molecule has 1 fully saturated rings. The Balaban J connectivity index is 1.72. The molecule has 0 atom stereocenters. The molecule has 0 saturated carbocycles. The smallest absolute Gasteiger partial charge is 0.236 e. The highest BCUT2D eigenvalue weighted by molar-refractivity contribution is 5.79. The third-order valence-corrected chi connectivity index (χ3v) is 4.69. The molecule has 2 rings (SSSR count). The number of hydrogen-bond acceptors (Lipinski definition) is 5. The summed E-state index contributed by atoms with van der Waals surface area (Å²) in [5.41, 5.74) is 1.13. The largest absolute Gasteiger partial charge is 0.490 e. The summed E-state index contributed by atoms with van der Waals surface area (Å²) in [5, 5.41) is 2.91. The van der Waals surface area contributed by atoms with Crippen LogP contribution >= 0.6 is 0 Å². The molecule has 1 saturated heterocycles. The van der Waals surface area contributed by atoms with Gasteiger partial charge in [-0.3, -0.25) is 19.4 Å². The van der Waals surface area contributed by atoms with Crippen LogP contribution in [0.3, 0.4) is 0 Å². The summed E-state index contributed by atoms with van der Waals surface area (Å²) in [7, 11) is 1.95. The lowest BCUT2D eigenvalue weighted by Gasteiger charge is -2.35. The van der Waals surface area contributed by atoms with Crippen molar-refractivity contribution in [1.82, 2.24) is 20.0 Å². The van der Waals surface area contributed by atoms with Crippen molar-refractivity contribution in [3.05, 3.63) is 42.5 Å². The molecular formula is C22H34N4O3. The molecule has 1 aromatic rings. The number of benzene rings is 1. The fraction of sp³-hybridized carbons (Fsp3) is 0.545. The average molecular weight is 403 g/mol. The molecule has 7 heteroatoms. The van der Waals surface area contributed by atoms with Gasteiger partial charge < -0.3 is 15.0 Å². The van der Waals surface area contributed by atoms with E-state index in [2.05, 4.69) is 16.8 Å². The van der Waals surface area contributed by atoms with Gasteiger partial charge in [-0.05, 0) is 38.6 Å². The molecule has 1 aliphatic rings. The Morgan fingerprint density at radius 1 is 1.21 bits per heavy atom. The first kappa shape index (κ1) is 22.9. The summed E-state index contributed by atoms with van der Waals surface area (Å²) in [6.45, 7) is 12.3. The van der Waals surface area contributed by atoms with Crippen LogP contribution in [0.25, 0.3) is 0 Å². The SMILES string of the molecule is C=CCOc1ccc(CN(C)CC(=O)N2CCN(CC(=O)NC(C)C)CC2)cc1. The Labute approximate surface area is 174 Å². The molecule has 1 aromatic carbocycles. The van der Waals surface area contributed by atoms with Crippen molar-refractivity contribution in [2.45, 2.75) is 26.4 Å². The van der Waals surface area contributed by atoms with Crippen LogP contribution in [-0.2, 0) is 16.1 Å². The van der Waals surface area contributed by atoms with E-state index in [1.807, 2.05) is 55.0 Å². The van der Waals surface area contributed by atoms with Crippen LogP contribution in [0.5, 0.6) is 5.75 Å². The van der Waals surface area contributed by atoms with Crippen molar-refractivity contribution < 1.29 is 14.3 Å². The number of hydrogen-bond donors (Lipinski definition) is 1. The van der Waals surface area contributed by atoms with Crippen LogP contribution in [0.4, 0.5) is 0 Å². The molecule has 1 aliphatic heterocycles. The van der Waals surface area contributed by atoms with Crippen molar-refractivity contribution >= 4 is 11.8 Å². The minimum absolute atomic E-state index is 0.0421. The van der Waals surface area contributed by atoms with Gasteiger partial charge in [-0.15, -0.1) is 0 Å². The number of piperazine rings is 1. The third kappa shape index (κ3) is 8.25. The molecule has 0 spiro atoms. The summed E-state index contributed by atoms with van der Waals surface area (Å²) in [4.78, 5) is 30.5. The molecule has 1 heterocycles. The van der Waals surface area contributed by atoms with Gasteiger partial charge in [0.05, 0.1) is 13.1 Å². The van der Waals surface area contributed by atoms with Crippen LogP contribution in [0.1, 0.15) is 19.4 Å². The highest BCUT2D eigenvalue weighted by atomic mass is 16.5. The van der Waals surface area contributed by atoms with Crippen LogP contribution in [0.15, 0.2) is 36.9 Å². The highest BCUT2D eigenvalue weighted by Gasteiger charge is 2.23. The van der Waals surface area contributed by atoms with E-state index in [1.165, 1.54) is 0 Å². The molecule has 0 bridgehead atoms. The van der Waals surface area contributed by atoms with Gasteiger partial charge in [0.2, 0.25) is 11.8 Å². The molecule has 0 aromatic heterocycles. The number of rotatable bonds is 10. The number of carbonyl (C=O) groups excluding carboxylic acids is 2. The van der Waals surface area contributed by atoms with Crippen molar-refractivity contribution in [3.63, 3.8) is 0 Å². The van der Waals surface area contributed by atoms with E-state index >= 15 is 0 Å². The number of likely N-dealkylation sites (N-methyl/N-ethyl adjacent to an activating group) is 1. The van der Waals surface area contributed by atoms with Crippen LogP contribution in [0, 0.1) is 0 Å². The molecule has 7 nitrogen and oxygen atoms in total. The Hall–Kier alpha value is -2.38. The monoisotopic (exact) mass is 402 g/mol. The Kier molecular flexibility index (Phi) is 9.15. The first-order valence-corrected chi connectivity index (χ1v) is 10.2. The zero-order chi connectivity index (χ0) is 21.2. The summed E-state index contributed by atoms with van der Waals surface area (Å²) in [5.74, 6) is 0.984. The summed E-state index contributed by atoms with van der Waals surface area (Å²) >= 11 is 0. The second-order valence-corrected chi connectivity index (χ2v) is 7.80. The fourth-order valence-electron chi connectivity index (χ4n) is 3.27. The van der Waals surface area contributed by atoms with Gasteiger partial charge in [0.25, 0.3) is 0 Å². The lowest BCUT2D eigenvalue weighted by molar-refractivity contribution is -0.134. The van der Waals surface area contributed by atoms with Crippen LogP contribution in [0.2, 0.25) is 0 Å². The molecule has 2 amide bonds. The average Bonchev–Trinajstić information content (AvgIpc) is 2.67. The maximum Gasteiger partial charge on any atom is 0.236 e. The number of carbonyl (C=O) groups is 2. The second kappa shape index (κ2) is 11.6. The molecular weight excluding hydrogens is 368 g/mol. The molecule has 0 radical (unpaired) electrons. The van der Waals surface area contributed by atoms with Gasteiger partial charge in [-0.1, -0.05) is 24.8 Å². The molecule has 160 valence electrons. The maximum absolute atomic E-state index is 12.6. The Bertz CT molecular complexity index is 667. The Morgan fingerprint density at radius 2 is 1.86 bits per heavy atom. The van der Waals surface area contributed by atoms with Crippen LogP contribution in [-0.4, -0.2) is 85.5 Å². The second-order valence-electron chi connectivity index (χ2n) is 7.80. The third-order valence-electron chi connectivity index (χ3n) is 4.69. The van der Waals surface area contributed by atoms with Gasteiger partial charge in [-0.2, -0.15) is 0 Å². The normalized spacial score (nSPS) is 14.9. The van der Waals surface area contributed by atoms with Crippen molar-refractivity contribution in [2.24, 2.45) is 0 Å². The predicted molar refractivity (Wildman–Crippen MR) is 115 cm³/mol. The lowest BCUT2D eigenvalue weighted by Crippen LogP contribution is -2.53. The van der Waals surface area contributed by atoms with Crippen molar-refractivity contribution in [3.8, 4) is 5.75 Å². The van der Waals surface area contributed by atoms with Gasteiger partial charge in [0.15, 0.2) is 0 Å². The quantitative estimate of drug-likeness (QED) is 0.599. The molecule has 0 aliphatic carbocycles. The minimum atomic E-state index is 0.0421. The van der Waals surface area contributed by atoms with E-state index in [0.29, 0.717) is 39.3 Å². The zero-order valence-electron chi connectivity index (χ0n) is 17.9. The Morgan fingerprint density at radius 3 is 2.45 bits per heavy atom. The molecule has 1 N–H and O–H groups in total. The van der Waals surface area contributed by atoms with E-state index < -0.39 is 0 Å².